The highest BCUT2D eigenvalue weighted by molar-refractivity contribution is 5.87. The van der Waals surface area contributed by atoms with Gasteiger partial charge < -0.3 is 10.1 Å². The molecule has 1 saturated carbocycles. The second-order valence-electron chi connectivity index (χ2n) is 3.91. The Labute approximate surface area is 85.5 Å². The van der Waals surface area contributed by atoms with Crippen LogP contribution in [0.1, 0.15) is 26.7 Å². The minimum atomic E-state index is -0.245. The van der Waals surface area contributed by atoms with E-state index in [0.29, 0.717) is 11.6 Å². The molecule has 1 unspecified atom stereocenters. The van der Waals surface area contributed by atoms with E-state index in [-0.39, 0.29) is 5.97 Å². The first kappa shape index (κ1) is 11.2. The second kappa shape index (κ2) is 5.15. The summed E-state index contributed by atoms with van der Waals surface area (Å²) in [4.78, 5) is 11.0. The lowest BCUT2D eigenvalue weighted by Crippen LogP contribution is -2.28. The molecule has 1 N–H and O–H groups in total. The molecule has 1 aliphatic rings. The summed E-state index contributed by atoms with van der Waals surface area (Å²) in [5.74, 6) is 0.604. The lowest BCUT2D eigenvalue weighted by Gasteiger charge is -2.10. The third-order valence-corrected chi connectivity index (χ3v) is 2.68. The molecule has 3 heteroatoms. The zero-order valence-electron chi connectivity index (χ0n) is 9.17. The molecule has 0 aromatic heterocycles. The van der Waals surface area contributed by atoms with E-state index >= 15 is 0 Å². The molecule has 80 valence electrons. The number of hydrogen-bond acceptors (Lipinski definition) is 3. The van der Waals surface area contributed by atoms with E-state index < -0.39 is 0 Å². The Morgan fingerprint density at radius 1 is 1.64 bits per heavy atom. The standard InChI is InChI=1S/C11H19NO2/c1-8(11(13)14-3)6-7-12-9(2)10-4-5-10/h6,9-10,12H,4-5,7H2,1-3H3. The van der Waals surface area contributed by atoms with Gasteiger partial charge >= 0.3 is 5.97 Å². The van der Waals surface area contributed by atoms with Crippen LogP contribution in [-0.4, -0.2) is 25.7 Å². The lowest BCUT2D eigenvalue weighted by molar-refractivity contribution is -0.136. The number of nitrogens with one attached hydrogen (secondary N) is 1. The number of esters is 1. The predicted molar refractivity (Wildman–Crippen MR) is 56.0 cm³/mol. The van der Waals surface area contributed by atoms with Crippen LogP contribution in [0.25, 0.3) is 0 Å². The number of hydrogen-bond donors (Lipinski definition) is 1. The average Bonchev–Trinajstić information content (AvgIpc) is 2.99. The molecule has 0 aliphatic heterocycles. The maximum Gasteiger partial charge on any atom is 0.333 e. The van der Waals surface area contributed by atoms with Crippen LogP contribution in [0.4, 0.5) is 0 Å². The Morgan fingerprint density at radius 3 is 2.79 bits per heavy atom. The molecule has 14 heavy (non-hydrogen) atoms. The summed E-state index contributed by atoms with van der Waals surface area (Å²) in [6, 6.07) is 0.566. The zero-order chi connectivity index (χ0) is 10.6. The Balaban J connectivity index is 2.20. The number of methoxy groups -OCH3 is 1. The highest BCUT2D eigenvalue weighted by Gasteiger charge is 2.26. The van der Waals surface area contributed by atoms with Gasteiger partial charge in [0.1, 0.15) is 0 Å². The van der Waals surface area contributed by atoms with Gasteiger partial charge in [-0.25, -0.2) is 4.79 Å². The third-order valence-electron chi connectivity index (χ3n) is 2.68. The number of rotatable bonds is 5. The van der Waals surface area contributed by atoms with Crippen LogP contribution in [0, 0.1) is 5.92 Å². The molecular weight excluding hydrogens is 178 g/mol. The topological polar surface area (TPSA) is 38.3 Å². The molecule has 0 bridgehead atoms. The lowest BCUT2D eigenvalue weighted by atomic mass is 10.2. The summed E-state index contributed by atoms with van der Waals surface area (Å²) in [6.07, 6.45) is 4.56. The van der Waals surface area contributed by atoms with Crippen molar-refractivity contribution >= 4 is 5.97 Å². The number of carbonyl (C=O) groups excluding carboxylic acids is 1. The van der Waals surface area contributed by atoms with E-state index in [1.807, 2.05) is 6.08 Å². The minimum absolute atomic E-state index is 0.245. The van der Waals surface area contributed by atoms with Gasteiger partial charge in [0.2, 0.25) is 0 Å². The summed E-state index contributed by atoms with van der Waals surface area (Å²) >= 11 is 0. The van der Waals surface area contributed by atoms with Crippen LogP contribution in [-0.2, 0) is 9.53 Å². The quantitative estimate of drug-likeness (QED) is 0.536. The third kappa shape index (κ3) is 3.50. The molecule has 0 spiro atoms. The highest BCUT2D eigenvalue weighted by Crippen LogP contribution is 2.32. The van der Waals surface area contributed by atoms with E-state index in [2.05, 4.69) is 17.0 Å². The van der Waals surface area contributed by atoms with Crippen LogP contribution >= 0.6 is 0 Å². The largest absolute Gasteiger partial charge is 0.466 e. The van der Waals surface area contributed by atoms with Gasteiger partial charge in [0.25, 0.3) is 0 Å². The summed E-state index contributed by atoms with van der Waals surface area (Å²) in [6.45, 7) is 4.72. The molecule has 3 nitrogen and oxygen atoms in total. The summed E-state index contributed by atoms with van der Waals surface area (Å²) in [5, 5.41) is 3.37. The maximum atomic E-state index is 11.0. The van der Waals surface area contributed by atoms with Gasteiger partial charge in [-0.15, -0.1) is 0 Å². The fourth-order valence-corrected chi connectivity index (χ4v) is 1.41. The molecule has 0 saturated heterocycles. The molecule has 0 heterocycles. The minimum Gasteiger partial charge on any atom is -0.466 e. The fourth-order valence-electron chi connectivity index (χ4n) is 1.41. The molecule has 0 radical (unpaired) electrons. The van der Waals surface area contributed by atoms with Gasteiger partial charge in [-0.2, -0.15) is 0 Å². The van der Waals surface area contributed by atoms with Crippen LogP contribution < -0.4 is 5.32 Å². The van der Waals surface area contributed by atoms with Crippen molar-refractivity contribution in [2.24, 2.45) is 5.92 Å². The number of carbonyl (C=O) groups is 1. The molecule has 0 amide bonds. The summed E-state index contributed by atoms with van der Waals surface area (Å²) < 4.78 is 4.59. The van der Waals surface area contributed by atoms with Crippen molar-refractivity contribution < 1.29 is 9.53 Å². The Hall–Kier alpha value is -0.830. The van der Waals surface area contributed by atoms with Crippen molar-refractivity contribution in [1.29, 1.82) is 0 Å². The second-order valence-corrected chi connectivity index (χ2v) is 3.91. The Bertz CT molecular complexity index is 231. The monoisotopic (exact) mass is 197 g/mol. The highest BCUT2D eigenvalue weighted by atomic mass is 16.5. The molecule has 1 aliphatic carbocycles. The van der Waals surface area contributed by atoms with Crippen molar-refractivity contribution in [1.82, 2.24) is 5.32 Å². The van der Waals surface area contributed by atoms with Gasteiger partial charge in [0, 0.05) is 18.2 Å². The van der Waals surface area contributed by atoms with Crippen LogP contribution in [0.5, 0.6) is 0 Å². The first-order chi connectivity index (χ1) is 6.65. The van der Waals surface area contributed by atoms with Crippen molar-refractivity contribution in [2.75, 3.05) is 13.7 Å². The average molecular weight is 197 g/mol. The Kier molecular flexibility index (Phi) is 4.14. The van der Waals surface area contributed by atoms with E-state index in [9.17, 15) is 4.79 Å². The van der Waals surface area contributed by atoms with E-state index in [4.69, 9.17) is 0 Å². The normalized spacial score (nSPS) is 19.2. The molecule has 1 fully saturated rings. The molecule has 1 atom stereocenters. The summed E-state index contributed by atoms with van der Waals surface area (Å²) in [7, 11) is 1.40. The summed E-state index contributed by atoms with van der Waals surface area (Å²) in [5.41, 5.74) is 0.669. The maximum absolute atomic E-state index is 11.0. The van der Waals surface area contributed by atoms with Crippen molar-refractivity contribution in [3.8, 4) is 0 Å². The van der Waals surface area contributed by atoms with Crippen molar-refractivity contribution in [3.63, 3.8) is 0 Å². The van der Waals surface area contributed by atoms with E-state index in [1.165, 1.54) is 20.0 Å². The van der Waals surface area contributed by atoms with Crippen molar-refractivity contribution in [3.05, 3.63) is 11.6 Å². The molecular formula is C11H19NO2. The molecule has 0 aromatic carbocycles. The molecule has 1 rings (SSSR count). The van der Waals surface area contributed by atoms with Gasteiger partial charge in [-0.1, -0.05) is 6.08 Å². The van der Waals surface area contributed by atoms with Gasteiger partial charge in [-0.05, 0) is 32.6 Å². The van der Waals surface area contributed by atoms with Gasteiger partial charge in [-0.3, -0.25) is 0 Å². The predicted octanol–water partition coefficient (Wildman–Crippen LogP) is 1.49. The van der Waals surface area contributed by atoms with E-state index in [0.717, 1.165) is 12.5 Å². The van der Waals surface area contributed by atoms with Gasteiger partial charge in [0.15, 0.2) is 0 Å². The molecule has 0 aromatic rings. The van der Waals surface area contributed by atoms with Crippen molar-refractivity contribution in [2.45, 2.75) is 32.7 Å². The first-order valence-electron chi connectivity index (χ1n) is 5.13. The van der Waals surface area contributed by atoms with E-state index in [1.54, 1.807) is 6.92 Å². The van der Waals surface area contributed by atoms with Gasteiger partial charge in [0.05, 0.1) is 7.11 Å². The zero-order valence-corrected chi connectivity index (χ0v) is 9.17. The number of ether oxygens (including phenoxy) is 1. The SMILES string of the molecule is COC(=O)C(C)=CCNC(C)C1CC1. The first-order valence-corrected chi connectivity index (χ1v) is 5.13. The smallest absolute Gasteiger partial charge is 0.333 e. The van der Waals surface area contributed by atoms with Crippen LogP contribution in [0.15, 0.2) is 11.6 Å². The Morgan fingerprint density at radius 2 is 2.29 bits per heavy atom. The fraction of sp³-hybridized carbons (Fsp3) is 0.727. The van der Waals surface area contributed by atoms with Crippen LogP contribution in [0.2, 0.25) is 0 Å². The van der Waals surface area contributed by atoms with Crippen LogP contribution in [0.3, 0.4) is 0 Å².